The highest BCUT2D eigenvalue weighted by atomic mass is 16.7. The van der Waals surface area contributed by atoms with Crippen molar-refractivity contribution >= 4 is 5.91 Å². The molecule has 8 nitrogen and oxygen atoms in total. The smallest absolute Gasteiger partial charge is 0.231 e. The number of ether oxygens (including phenoxy) is 4. The summed E-state index contributed by atoms with van der Waals surface area (Å²) in [6.45, 7) is 6.12. The number of aliphatic hydroxyl groups is 1. The Bertz CT molecular complexity index is 896. The SMILES string of the molecule is CC12COC(CN)OC1CCC1(C)C(CC(=O)NCc3ccc4c(c3)OCO4)C(O)CCC21. The van der Waals surface area contributed by atoms with Gasteiger partial charge >= 0.3 is 0 Å². The largest absolute Gasteiger partial charge is 0.454 e. The number of nitrogens with two attached hydrogens (primary N) is 1. The average molecular weight is 461 g/mol. The van der Waals surface area contributed by atoms with E-state index in [2.05, 4.69) is 19.2 Å². The van der Waals surface area contributed by atoms with E-state index < -0.39 is 6.10 Å². The van der Waals surface area contributed by atoms with Crippen molar-refractivity contribution in [2.24, 2.45) is 28.4 Å². The maximum Gasteiger partial charge on any atom is 0.231 e. The fraction of sp³-hybridized carbons (Fsp3) is 0.720. The first-order valence-corrected chi connectivity index (χ1v) is 12.1. The number of nitrogens with one attached hydrogen (secondary N) is 1. The molecule has 5 rings (SSSR count). The predicted octanol–water partition coefficient (Wildman–Crippen LogP) is 2.32. The minimum Gasteiger partial charge on any atom is -0.454 e. The fourth-order valence-corrected chi connectivity index (χ4v) is 6.93. The number of amides is 1. The normalized spacial score (nSPS) is 39.5. The second-order valence-corrected chi connectivity index (χ2v) is 10.6. The van der Waals surface area contributed by atoms with Gasteiger partial charge in [0.25, 0.3) is 0 Å². The molecule has 2 aliphatic carbocycles. The number of carbonyl (C=O) groups excluding carboxylic acids is 1. The second kappa shape index (κ2) is 8.73. The van der Waals surface area contributed by atoms with Crippen LogP contribution < -0.4 is 20.5 Å². The fourth-order valence-electron chi connectivity index (χ4n) is 6.93. The molecule has 7 unspecified atom stereocenters. The number of benzene rings is 1. The van der Waals surface area contributed by atoms with E-state index in [1.54, 1.807) is 0 Å². The third-order valence-corrected chi connectivity index (χ3v) is 8.76. The Balaban J connectivity index is 1.26. The molecule has 4 aliphatic rings. The molecule has 2 heterocycles. The van der Waals surface area contributed by atoms with E-state index in [0.717, 1.165) is 30.6 Å². The van der Waals surface area contributed by atoms with Gasteiger partial charge in [0.05, 0.1) is 18.8 Å². The molecule has 7 atom stereocenters. The minimum absolute atomic E-state index is 0.0368. The van der Waals surface area contributed by atoms with Crippen LogP contribution in [-0.4, -0.2) is 49.5 Å². The highest BCUT2D eigenvalue weighted by Gasteiger charge is 2.61. The summed E-state index contributed by atoms with van der Waals surface area (Å²) >= 11 is 0. The lowest BCUT2D eigenvalue weighted by Crippen LogP contribution is -2.63. The maximum atomic E-state index is 13.0. The van der Waals surface area contributed by atoms with Gasteiger partial charge in [0, 0.05) is 24.9 Å². The molecule has 8 heteroatoms. The molecule has 0 radical (unpaired) electrons. The van der Waals surface area contributed by atoms with Crippen LogP contribution >= 0.6 is 0 Å². The Hall–Kier alpha value is -1.87. The van der Waals surface area contributed by atoms with Crippen LogP contribution in [0.2, 0.25) is 0 Å². The van der Waals surface area contributed by atoms with Gasteiger partial charge in [0.1, 0.15) is 0 Å². The zero-order valence-corrected chi connectivity index (χ0v) is 19.5. The molecule has 33 heavy (non-hydrogen) atoms. The molecule has 1 saturated heterocycles. The topological polar surface area (TPSA) is 112 Å². The van der Waals surface area contributed by atoms with Crippen molar-refractivity contribution in [3.63, 3.8) is 0 Å². The number of hydrogen-bond acceptors (Lipinski definition) is 7. The van der Waals surface area contributed by atoms with Crippen LogP contribution in [0, 0.1) is 22.7 Å². The van der Waals surface area contributed by atoms with Crippen molar-refractivity contribution in [3.8, 4) is 11.5 Å². The van der Waals surface area contributed by atoms with Crippen LogP contribution in [0.3, 0.4) is 0 Å². The molecule has 3 fully saturated rings. The van der Waals surface area contributed by atoms with Crippen molar-refractivity contribution in [1.82, 2.24) is 5.32 Å². The molecular weight excluding hydrogens is 424 g/mol. The van der Waals surface area contributed by atoms with Crippen molar-refractivity contribution < 1.29 is 28.8 Å². The summed E-state index contributed by atoms with van der Waals surface area (Å²) in [5.41, 5.74) is 6.45. The number of hydrogen-bond donors (Lipinski definition) is 3. The summed E-state index contributed by atoms with van der Waals surface area (Å²) in [4.78, 5) is 13.0. The highest BCUT2D eigenvalue weighted by molar-refractivity contribution is 5.76. The predicted molar refractivity (Wildman–Crippen MR) is 120 cm³/mol. The van der Waals surface area contributed by atoms with E-state index in [-0.39, 0.29) is 41.8 Å². The van der Waals surface area contributed by atoms with E-state index in [9.17, 15) is 9.90 Å². The Labute approximate surface area is 195 Å². The summed E-state index contributed by atoms with van der Waals surface area (Å²) in [5, 5.41) is 14.0. The quantitative estimate of drug-likeness (QED) is 0.618. The molecule has 1 amide bonds. The molecule has 1 aromatic rings. The van der Waals surface area contributed by atoms with Gasteiger partial charge in [0.15, 0.2) is 17.8 Å². The van der Waals surface area contributed by atoms with Crippen LogP contribution in [-0.2, 0) is 20.8 Å². The highest BCUT2D eigenvalue weighted by Crippen LogP contribution is 2.62. The number of aliphatic hydroxyl groups excluding tert-OH is 1. The molecule has 1 aromatic carbocycles. The second-order valence-electron chi connectivity index (χ2n) is 10.6. The Kier molecular flexibility index (Phi) is 6.05. The Morgan fingerprint density at radius 1 is 1.18 bits per heavy atom. The standard InChI is InChI=1S/C25H36N2O6/c1-24-8-7-21-25(2,13-30-23(11-26)33-21)20(24)6-4-17(28)16(24)10-22(29)27-12-15-3-5-18-19(9-15)32-14-31-18/h3,5,9,16-17,20-21,23,28H,4,6-8,10-14,26H2,1-2H3,(H,27,29). The summed E-state index contributed by atoms with van der Waals surface area (Å²) in [7, 11) is 0. The van der Waals surface area contributed by atoms with E-state index in [1.165, 1.54) is 0 Å². The van der Waals surface area contributed by atoms with Crippen LogP contribution in [0.1, 0.15) is 51.5 Å². The van der Waals surface area contributed by atoms with Gasteiger partial charge in [0.2, 0.25) is 12.7 Å². The lowest BCUT2D eigenvalue weighted by atomic mass is 9.46. The molecule has 0 aromatic heterocycles. The van der Waals surface area contributed by atoms with Crippen molar-refractivity contribution in [1.29, 1.82) is 0 Å². The third kappa shape index (κ3) is 4.01. The molecular formula is C25H36N2O6. The van der Waals surface area contributed by atoms with Gasteiger partial charge in [-0.05, 0) is 60.6 Å². The molecule has 0 spiro atoms. The van der Waals surface area contributed by atoms with Crippen LogP contribution in [0.15, 0.2) is 18.2 Å². The van der Waals surface area contributed by atoms with Gasteiger partial charge in [-0.3, -0.25) is 4.79 Å². The molecule has 2 saturated carbocycles. The zero-order chi connectivity index (χ0) is 23.2. The summed E-state index contributed by atoms with van der Waals surface area (Å²) in [6, 6.07) is 5.69. The van der Waals surface area contributed by atoms with Crippen LogP contribution in [0.4, 0.5) is 0 Å². The average Bonchev–Trinajstić information content (AvgIpc) is 3.27. The zero-order valence-electron chi connectivity index (χ0n) is 19.5. The number of carbonyl (C=O) groups is 1. The minimum atomic E-state index is -0.482. The van der Waals surface area contributed by atoms with Gasteiger partial charge in [-0.1, -0.05) is 19.9 Å². The summed E-state index contributed by atoms with van der Waals surface area (Å²) < 4.78 is 22.9. The molecule has 4 N–H and O–H groups in total. The maximum absolute atomic E-state index is 13.0. The third-order valence-electron chi connectivity index (χ3n) is 8.76. The van der Waals surface area contributed by atoms with Crippen molar-refractivity contribution in [2.45, 2.75) is 71.0 Å². The molecule has 2 aliphatic heterocycles. The van der Waals surface area contributed by atoms with Gasteiger partial charge in [-0.2, -0.15) is 0 Å². The molecule has 0 bridgehead atoms. The lowest BCUT2D eigenvalue weighted by Gasteiger charge is -2.62. The van der Waals surface area contributed by atoms with E-state index in [4.69, 9.17) is 24.7 Å². The summed E-state index contributed by atoms with van der Waals surface area (Å²) in [6.07, 6.45) is 3.03. The number of rotatable bonds is 5. The number of fused-ring (bicyclic) bond motifs is 4. The van der Waals surface area contributed by atoms with Crippen molar-refractivity contribution in [3.05, 3.63) is 23.8 Å². The van der Waals surface area contributed by atoms with E-state index in [0.29, 0.717) is 44.2 Å². The van der Waals surface area contributed by atoms with Gasteiger partial charge in [-0.25, -0.2) is 0 Å². The van der Waals surface area contributed by atoms with Crippen LogP contribution in [0.5, 0.6) is 11.5 Å². The Morgan fingerprint density at radius 3 is 2.82 bits per heavy atom. The van der Waals surface area contributed by atoms with E-state index in [1.807, 2.05) is 18.2 Å². The van der Waals surface area contributed by atoms with Gasteiger partial charge in [-0.15, -0.1) is 0 Å². The first-order chi connectivity index (χ1) is 15.8. The van der Waals surface area contributed by atoms with Crippen molar-refractivity contribution in [2.75, 3.05) is 19.9 Å². The first-order valence-electron chi connectivity index (χ1n) is 12.1. The Morgan fingerprint density at radius 2 is 2.00 bits per heavy atom. The van der Waals surface area contributed by atoms with Gasteiger partial charge < -0.3 is 35.1 Å². The molecule has 182 valence electrons. The van der Waals surface area contributed by atoms with Crippen LogP contribution in [0.25, 0.3) is 0 Å². The lowest BCUT2D eigenvalue weighted by molar-refractivity contribution is -0.305. The summed E-state index contributed by atoms with van der Waals surface area (Å²) in [5.74, 6) is 1.62. The first kappa shape index (κ1) is 22.9. The monoisotopic (exact) mass is 460 g/mol. The van der Waals surface area contributed by atoms with E-state index >= 15 is 0 Å².